The normalized spacial score (nSPS) is 22.1. The van der Waals surface area contributed by atoms with E-state index in [1.807, 2.05) is 0 Å². The Bertz CT molecular complexity index is 897. The maximum atomic E-state index is 2.75. The number of benzene rings is 3. The van der Waals surface area contributed by atoms with Gasteiger partial charge in [-0.2, -0.15) is 0 Å². The van der Waals surface area contributed by atoms with Crippen molar-refractivity contribution < 1.29 is 0 Å². The van der Waals surface area contributed by atoms with E-state index < -0.39 is 0 Å². The van der Waals surface area contributed by atoms with Crippen molar-refractivity contribution in [1.29, 1.82) is 0 Å². The van der Waals surface area contributed by atoms with Gasteiger partial charge in [0.25, 0.3) is 0 Å². The number of nitrogens with zero attached hydrogens (tertiary/aromatic N) is 1. The minimum atomic E-state index is 0.691. The summed E-state index contributed by atoms with van der Waals surface area (Å²) in [7, 11) is 0. The molecule has 0 unspecified atom stereocenters. The van der Waals surface area contributed by atoms with Crippen LogP contribution in [0.15, 0.2) is 78.9 Å². The summed E-state index contributed by atoms with van der Waals surface area (Å²) in [6.45, 7) is 2.33. The van der Waals surface area contributed by atoms with E-state index in [9.17, 15) is 0 Å². The highest BCUT2D eigenvalue weighted by Crippen LogP contribution is 2.33. The third-order valence-corrected chi connectivity index (χ3v) is 6.45. The van der Waals surface area contributed by atoms with Crippen LogP contribution in [0.3, 0.4) is 0 Å². The molecule has 0 saturated carbocycles. The fourth-order valence-electron chi connectivity index (χ4n) is 4.96. The van der Waals surface area contributed by atoms with Crippen molar-refractivity contribution in [3.05, 3.63) is 95.6 Å². The summed E-state index contributed by atoms with van der Waals surface area (Å²) >= 11 is 0. The largest absolute Gasteiger partial charge is 0.296 e. The second-order valence-electron chi connectivity index (χ2n) is 8.27. The molecule has 0 amide bonds. The summed E-state index contributed by atoms with van der Waals surface area (Å²) in [4.78, 5) is 2.75. The average Bonchev–Trinajstić information content (AvgIpc) is 2.70. The lowest BCUT2D eigenvalue weighted by atomic mass is 9.80. The Morgan fingerprint density at radius 1 is 0.667 bits per heavy atom. The first-order chi connectivity index (χ1) is 13.3. The maximum absolute atomic E-state index is 2.75. The Balaban J connectivity index is 1.34. The lowest BCUT2D eigenvalue weighted by molar-refractivity contribution is 0.0938. The van der Waals surface area contributed by atoms with Crippen molar-refractivity contribution in [3.63, 3.8) is 0 Å². The Labute approximate surface area is 162 Å². The van der Waals surface area contributed by atoms with Crippen molar-refractivity contribution in [2.24, 2.45) is 5.92 Å². The lowest BCUT2D eigenvalue weighted by Crippen LogP contribution is -2.46. The molecular weight excluding hydrogens is 326 g/mol. The summed E-state index contributed by atoms with van der Waals surface area (Å²) < 4.78 is 0. The summed E-state index contributed by atoms with van der Waals surface area (Å²) in [5.41, 5.74) is 7.22. The molecule has 2 bridgehead atoms. The highest BCUT2D eigenvalue weighted by Gasteiger charge is 2.31. The van der Waals surface area contributed by atoms with Gasteiger partial charge in [0.15, 0.2) is 0 Å². The molecule has 3 aromatic rings. The van der Waals surface area contributed by atoms with Gasteiger partial charge in [0.2, 0.25) is 0 Å². The first kappa shape index (κ1) is 16.8. The van der Waals surface area contributed by atoms with Crippen molar-refractivity contribution >= 4 is 0 Å². The van der Waals surface area contributed by atoms with E-state index in [4.69, 9.17) is 0 Å². The zero-order chi connectivity index (χ0) is 18.1. The molecule has 1 aliphatic carbocycles. The lowest BCUT2D eigenvalue weighted by Gasteiger charge is -2.42. The number of hydrogen-bond acceptors (Lipinski definition) is 1. The summed E-state index contributed by atoms with van der Waals surface area (Å²) in [5.74, 6) is 0.811. The number of piperidine rings is 1. The van der Waals surface area contributed by atoms with Crippen LogP contribution in [0.5, 0.6) is 0 Å². The molecule has 0 spiro atoms. The van der Waals surface area contributed by atoms with Gasteiger partial charge in [-0.3, -0.25) is 4.90 Å². The first-order valence-corrected chi connectivity index (χ1v) is 10.3. The third-order valence-electron chi connectivity index (χ3n) is 6.45. The minimum Gasteiger partial charge on any atom is -0.296 e. The molecule has 1 fully saturated rings. The van der Waals surface area contributed by atoms with Gasteiger partial charge in [0, 0.05) is 19.1 Å². The molecule has 6 rings (SSSR count). The van der Waals surface area contributed by atoms with Crippen LogP contribution in [0.25, 0.3) is 11.1 Å². The second kappa shape index (κ2) is 7.32. The molecule has 0 N–H and O–H groups in total. The zero-order valence-corrected chi connectivity index (χ0v) is 15.9. The topological polar surface area (TPSA) is 3.24 Å². The molecule has 0 radical (unpaired) electrons. The van der Waals surface area contributed by atoms with Gasteiger partial charge in [-0.15, -0.1) is 0 Å². The molecule has 1 saturated heterocycles. The van der Waals surface area contributed by atoms with Gasteiger partial charge in [-0.25, -0.2) is 0 Å². The highest BCUT2D eigenvalue weighted by atomic mass is 15.2. The van der Waals surface area contributed by atoms with Crippen LogP contribution in [0.1, 0.15) is 29.5 Å². The predicted octanol–water partition coefficient (Wildman–Crippen LogP) is 5.73. The Morgan fingerprint density at radius 3 is 2.11 bits per heavy atom. The van der Waals surface area contributed by atoms with Gasteiger partial charge >= 0.3 is 0 Å². The standard InChI is InChI=1S/C26H27N/c1-2-6-22(7-3-1)23-13-10-20(11-14-23)18-27-19-21-12-15-26(27)17-25-9-5-4-8-24(25)16-21/h1-11,13-14,21,26H,12,15-19H2/t21-,26+/m0/s1. The van der Waals surface area contributed by atoms with Crippen molar-refractivity contribution in [2.45, 2.75) is 38.3 Å². The van der Waals surface area contributed by atoms with E-state index in [1.54, 1.807) is 11.1 Å². The van der Waals surface area contributed by atoms with Crippen molar-refractivity contribution in [3.8, 4) is 11.1 Å². The highest BCUT2D eigenvalue weighted by molar-refractivity contribution is 5.63. The molecule has 2 aliphatic heterocycles. The van der Waals surface area contributed by atoms with Crippen LogP contribution in [0.4, 0.5) is 0 Å². The van der Waals surface area contributed by atoms with Gasteiger partial charge in [0.05, 0.1) is 0 Å². The molecular formula is C26H27N. The Morgan fingerprint density at radius 2 is 1.33 bits per heavy atom. The number of hydrogen-bond donors (Lipinski definition) is 0. The van der Waals surface area contributed by atoms with Crippen LogP contribution < -0.4 is 0 Å². The molecule has 3 aromatic carbocycles. The van der Waals surface area contributed by atoms with Gasteiger partial charge in [-0.05, 0) is 59.4 Å². The Hall–Kier alpha value is -2.38. The molecule has 2 heterocycles. The molecule has 1 heteroatoms. The smallest absolute Gasteiger partial charge is 0.0236 e. The number of fused-ring (bicyclic) bond motifs is 2. The van der Waals surface area contributed by atoms with E-state index in [1.165, 1.54) is 48.9 Å². The van der Waals surface area contributed by atoms with E-state index in [-0.39, 0.29) is 0 Å². The molecule has 0 aromatic heterocycles. The molecule has 2 atom stereocenters. The van der Waals surface area contributed by atoms with Gasteiger partial charge in [-0.1, -0.05) is 78.9 Å². The molecule has 1 nitrogen and oxygen atoms in total. The molecule has 27 heavy (non-hydrogen) atoms. The van der Waals surface area contributed by atoms with E-state index >= 15 is 0 Å². The van der Waals surface area contributed by atoms with Crippen LogP contribution >= 0.6 is 0 Å². The number of rotatable bonds is 3. The molecule has 3 aliphatic rings. The van der Waals surface area contributed by atoms with Crippen LogP contribution in [-0.4, -0.2) is 17.5 Å². The SMILES string of the molecule is c1ccc(-c2ccc(CN3C[C@H]4CC[C@@H]3Cc3ccccc3C4)cc2)cc1. The fraction of sp³-hybridized carbons (Fsp3) is 0.308. The maximum Gasteiger partial charge on any atom is 0.0236 e. The monoisotopic (exact) mass is 353 g/mol. The summed E-state index contributed by atoms with van der Waals surface area (Å²) in [6, 6.07) is 29.7. The summed E-state index contributed by atoms with van der Waals surface area (Å²) in [6.07, 6.45) is 5.21. The van der Waals surface area contributed by atoms with E-state index in [0.717, 1.165) is 12.5 Å². The average molecular weight is 354 g/mol. The zero-order valence-electron chi connectivity index (χ0n) is 15.9. The van der Waals surface area contributed by atoms with E-state index in [2.05, 4.69) is 83.8 Å². The third kappa shape index (κ3) is 3.57. The first-order valence-electron chi connectivity index (χ1n) is 10.3. The predicted molar refractivity (Wildman–Crippen MR) is 113 cm³/mol. The minimum absolute atomic E-state index is 0.691. The van der Waals surface area contributed by atoms with Crippen LogP contribution in [0.2, 0.25) is 0 Å². The quantitative estimate of drug-likeness (QED) is 0.581. The van der Waals surface area contributed by atoms with Gasteiger partial charge in [0.1, 0.15) is 0 Å². The molecule has 136 valence electrons. The van der Waals surface area contributed by atoms with Crippen LogP contribution in [-0.2, 0) is 19.4 Å². The van der Waals surface area contributed by atoms with Crippen molar-refractivity contribution in [1.82, 2.24) is 4.90 Å². The second-order valence-corrected chi connectivity index (χ2v) is 8.27. The van der Waals surface area contributed by atoms with Crippen molar-refractivity contribution in [2.75, 3.05) is 6.54 Å². The van der Waals surface area contributed by atoms with E-state index in [0.29, 0.717) is 6.04 Å². The summed E-state index contributed by atoms with van der Waals surface area (Å²) in [5, 5.41) is 0. The fourth-order valence-corrected chi connectivity index (χ4v) is 4.96. The Kier molecular flexibility index (Phi) is 4.55. The van der Waals surface area contributed by atoms with Crippen LogP contribution in [0, 0.1) is 5.92 Å². The van der Waals surface area contributed by atoms with Gasteiger partial charge < -0.3 is 0 Å².